The largest absolute Gasteiger partial charge is 0.353 e. The highest BCUT2D eigenvalue weighted by atomic mass is 32.2. The summed E-state index contributed by atoms with van der Waals surface area (Å²) in [6.45, 7) is 6.21. The van der Waals surface area contributed by atoms with Gasteiger partial charge in [-0.25, -0.2) is 8.42 Å². The molecule has 1 amide bonds. The van der Waals surface area contributed by atoms with Crippen LogP contribution in [0.15, 0.2) is 48.5 Å². The van der Waals surface area contributed by atoms with Crippen molar-refractivity contribution in [3.8, 4) is 0 Å². The summed E-state index contributed by atoms with van der Waals surface area (Å²) >= 11 is 1.73. The quantitative estimate of drug-likeness (QED) is 0.578. The fourth-order valence-corrected chi connectivity index (χ4v) is 4.95. The molecule has 0 radical (unpaired) electrons. The van der Waals surface area contributed by atoms with Crippen molar-refractivity contribution in [2.45, 2.75) is 39.0 Å². The first-order valence-corrected chi connectivity index (χ1v) is 12.7. The molecule has 2 aromatic rings. The van der Waals surface area contributed by atoms with Crippen molar-refractivity contribution >= 4 is 33.4 Å². The van der Waals surface area contributed by atoms with Crippen molar-refractivity contribution < 1.29 is 13.2 Å². The normalized spacial score (nSPS) is 12.4. The van der Waals surface area contributed by atoms with Gasteiger partial charge in [-0.15, -0.1) is 0 Å². The Labute approximate surface area is 178 Å². The Hall–Kier alpha value is -1.99. The predicted molar refractivity (Wildman–Crippen MR) is 123 cm³/mol. The number of benzene rings is 2. The molecular formula is C22H30N2O3S2. The van der Waals surface area contributed by atoms with E-state index in [0.717, 1.165) is 29.7 Å². The Morgan fingerprint density at radius 2 is 1.66 bits per heavy atom. The summed E-state index contributed by atoms with van der Waals surface area (Å²) in [5.41, 5.74) is 4.10. The molecule has 0 saturated heterocycles. The molecule has 1 N–H and O–H groups in total. The van der Waals surface area contributed by atoms with Crippen molar-refractivity contribution in [3.63, 3.8) is 0 Å². The molecule has 0 heterocycles. The van der Waals surface area contributed by atoms with Gasteiger partial charge in [0.25, 0.3) is 0 Å². The van der Waals surface area contributed by atoms with Crippen LogP contribution < -0.4 is 9.62 Å². The van der Waals surface area contributed by atoms with Crippen LogP contribution in [-0.2, 0) is 27.0 Å². The lowest BCUT2D eigenvalue weighted by molar-refractivity contribution is -0.121. The molecule has 29 heavy (non-hydrogen) atoms. The van der Waals surface area contributed by atoms with E-state index in [9.17, 15) is 13.2 Å². The maximum atomic E-state index is 12.6. The lowest BCUT2D eigenvalue weighted by Crippen LogP contribution is -2.48. The molecular weight excluding hydrogens is 404 g/mol. The number of nitrogens with zero attached hydrogens (tertiary/aromatic N) is 1. The van der Waals surface area contributed by atoms with Gasteiger partial charge in [0, 0.05) is 18.1 Å². The van der Waals surface area contributed by atoms with Crippen molar-refractivity contribution in [1.82, 2.24) is 5.32 Å². The van der Waals surface area contributed by atoms with Crippen LogP contribution in [0.25, 0.3) is 0 Å². The highest BCUT2D eigenvalue weighted by Crippen LogP contribution is 2.21. The number of thioether (sulfide) groups is 1. The number of hydrogen-bond donors (Lipinski definition) is 1. The van der Waals surface area contributed by atoms with E-state index in [1.807, 2.05) is 19.1 Å². The van der Waals surface area contributed by atoms with Gasteiger partial charge < -0.3 is 5.32 Å². The van der Waals surface area contributed by atoms with Crippen molar-refractivity contribution in [2.75, 3.05) is 22.9 Å². The summed E-state index contributed by atoms with van der Waals surface area (Å²) in [4.78, 5) is 12.6. The minimum Gasteiger partial charge on any atom is -0.353 e. The Kier molecular flexibility index (Phi) is 8.59. The van der Waals surface area contributed by atoms with Crippen LogP contribution in [0.5, 0.6) is 0 Å². The standard InChI is InChI=1S/C22H30N2O3S2/c1-5-19-10-12-21(13-11-19)24(29(4,26)27)18(3)22(25)23-14-15-28-16-20-8-6-17(2)7-9-20/h6-13,18H,5,14-16H2,1-4H3,(H,23,25). The molecule has 7 heteroatoms. The fraction of sp³-hybridized carbons (Fsp3) is 0.409. The van der Waals surface area contributed by atoms with Gasteiger partial charge in [0.1, 0.15) is 6.04 Å². The van der Waals surface area contributed by atoms with Gasteiger partial charge in [-0.3, -0.25) is 9.10 Å². The van der Waals surface area contributed by atoms with Gasteiger partial charge in [0.05, 0.1) is 11.9 Å². The molecule has 5 nitrogen and oxygen atoms in total. The zero-order valence-electron chi connectivity index (χ0n) is 17.5. The van der Waals surface area contributed by atoms with Gasteiger partial charge in [-0.1, -0.05) is 48.9 Å². The van der Waals surface area contributed by atoms with Gasteiger partial charge >= 0.3 is 0 Å². The zero-order chi connectivity index (χ0) is 21.4. The average Bonchev–Trinajstić information content (AvgIpc) is 2.68. The fourth-order valence-electron chi connectivity index (χ4n) is 2.96. The Balaban J connectivity index is 1.90. The molecule has 0 spiro atoms. The second-order valence-corrected chi connectivity index (χ2v) is 10.0. The molecule has 0 aliphatic carbocycles. The van der Waals surface area contributed by atoms with E-state index in [1.165, 1.54) is 15.4 Å². The van der Waals surface area contributed by atoms with E-state index >= 15 is 0 Å². The number of aryl methyl sites for hydroxylation is 2. The lowest BCUT2D eigenvalue weighted by atomic mass is 10.1. The van der Waals surface area contributed by atoms with Gasteiger partial charge in [0.15, 0.2) is 0 Å². The first-order chi connectivity index (χ1) is 13.7. The summed E-state index contributed by atoms with van der Waals surface area (Å²) in [6, 6.07) is 14.9. The van der Waals surface area contributed by atoms with Crippen LogP contribution in [-0.4, -0.2) is 38.9 Å². The van der Waals surface area contributed by atoms with Crippen LogP contribution in [0.1, 0.15) is 30.5 Å². The van der Waals surface area contributed by atoms with E-state index in [4.69, 9.17) is 0 Å². The van der Waals surface area contributed by atoms with Crippen LogP contribution >= 0.6 is 11.8 Å². The Morgan fingerprint density at radius 3 is 2.21 bits per heavy atom. The van der Waals surface area contributed by atoms with E-state index in [1.54, 1.807) is 30.8 Å². The molecule has 0 bridgehead atoms. The van der Waals surface area contributed by atoms with E-state index < -0.39 is 16.1 Å². The van der Waals surface area contributed by atoms with Gasteiger partial charge in [-0.2, -0.15) is 11.8 Å². The molecule has 0 aliphatic heterocycles. The molecule has 1 unspecified atom stereocenters. The maximum absolute atomic E-state index is 12.6. The van der Waals surface area contributed by atoms with Crippen molar-refractivity contribution in [1.29, 1.82) is 0 Å². The molecule has 1 atom stereocenters. The van der Waals surface area contributed by atoms with E-state index in [0.29, 0.717) is 12.2 Å². The predicted octanol–water partition coefficient (Wildman–Crippen LogP) is 3.76. The SMILES string of the molecule is CCc1ccc(N(C(C)C(=O)NCCSCc2ccc(C)cc2)S(C)(=O)=O)cc1. The highest BCUT2D eigenvalue weighted by Gasteiger charge is 2.28. The topological polar surface area (TPSA) is 66.5 Å². The number of hydrogen-bond acceptors (Lipinski definition) is 4. The molecule has 158 valence electrons. The monoisotopic (exact) mass is 434 g/mol. The zero-order valence-corrected chi connectivity index (χ0v) is 19.1. The number of anilines is 1. The highest BCUT2D eigenvalue weighted by molar-refractivity contribution is 7.98. The lowest BCUT2D eigenvalue weighted by Gasteiger charge is -2.28. The van der Waals surface area contributed by atoms with Crippen LogP contribution in [0.3, 0.4) is 0 Å². The third kappa shape index (κ3) is 7.08. The third-order valence-corrected chi connectivity index (χ3v) is 6.89. The molecule has 2 aromatic carbocycles. The van der Waals surface area contributed by atoms with Crippen molar-refractivity contribution in [3.05, 3.63) is 65.2 Å². The van der Waals surface area contributed by atoms with Crippen LogP contribution in [0.4, 0.5) is 5.69 Å². The van der Waals surface area contributed by atoms with Crippen LogP contribution in [0, 0.1) is 6.92 Å². The number of amides is 1. The molecule has 0 fully saturated rings. The summed E-state index contributed by atoms with van der Waals surface area (Å²) in [6.07, 6.45) is 2.00. The van der Waals surface area contributed by atoms with Crippen LogP contribution in [0.2, 0.25) is 0 Å². The summed E-state index contributed by atoms with van der Waals surface area (Å²) in [7, 11) is -3.59. The minimum absolute atomic E-state index is 0.300. The minimum atomic E-state index is -3.59. The smallest absolute Gasteiger partial charge is 0.243 e. The molecule has 0 aliphatic rings. The number of carbonyl (C=O) groups is 1. The van der Waals surface area contributed by atoms with Crippen molar-refractivity contribution in [2.24, 2.45) is 0 Å². The number of sulfonamides is 1. The Bertz CT molecular complexity index is 895. The van der Waals surface area contributed by atoms with E-state index in [-0.39, 0.29) is 5.91 Å². The second kappa shape index (κ2) is 10.7. The summed E-state index contributed by atoms with van der Waals surface area (Å²) < 4.78 is 25.8. The average molecular weight is 435 g/mol. The third-order valence-electron chi connectivity index (χ3n) is 4.62. The summed E-state index contributed by atoms with van der Waals surface area (Å²) in [5, 5.41) is 2.86. The molecule has 0 saturated carbocycles. The number of nitrogens with one attached hydrogen (secondary N) is 1. The number of carbonyl (C=O) groups excluding carboxylic acids is 1. The maximum Gasteiger partial charge on any atom is 0.243 e. The molecule has 0 aromatic heterocycles. The summed E-state index contributed by atoms with van der Waals surface area (Å²) in [5.74, 6) is 1.34. The second-order valence-electron chi connectivity index (χ2n) is 7.08. The number of rotatable bonds is 10. The first kappa shape index (κ1) is 23.3. The first-order valence-electron chi connectivity index (χ1n) is 9.71. The van der Waals surface area contributed by atoms with Gasteiger partial charge in [0.2, 0.25) is 15.9 Å². The Morgan fingerprint density at radius 1 is 1.07 bits per heavy atom. The van der Waals surface area contributed by atoms with E-state index in [2.05, 4.69) is 36.5 Å². The van der Waals surface area contributed by atoms with Gasteiger partial charge in [-0.05, 0) is 43.5 Å². The molecule has 2 rings (SSSR count).